The Hall–Kier alpha value is -2.16. The lowest BCUT2D eigenvalue weighted by Crippen LogP contribution is -2.44. The standard InChI is InChI=1S/C17H21F2N3O/c1-4-16(3,5-2)22-15(23)13-7-6-10-20-14(13)21-12-8-9-17(18,19)11-12/h1,6-7,10,12H,5,8-9,11H2,2-3H3,(H,20,21)(H,22,23)/t12?,16-/m0/s1. The number of nitrogens with one attached hydrogen (secondary N) is 2. The number of alkyl halides is 2. The third-order valence-electron chi connectivity index (χ3n) is 4.21. The highest BCUT2D eigenvalue weighted by molar-refractivity contribution is 5.99. The molecule has 1 amide bonds. The summed E-state index contributed by atoms with van der Waals surface area (Å²) in [6.45, 7) is 3.63. The molecular formula is C17H21F2N3O. The Balaban J connectivity index is 2.15. The summed E-state index contributed by atoms with van der Waals surface area (Å²) >= 11 is 0. The van der Waals surface area contributed by atoms with Crippen molar-refractivity contribution in [3.63, 3.8) is 0 Å². The van der Waals surface area contributed by atoms with Crippen LogP contribution in [0.2, 0.25) is 0 Å². The van der Waals surface area contributed by atoms with Gasteiger partial charge >= 0.3 is 0 Å². The van der Waals surface area contributed by atoms with Crippen molar-refractivity contribution in [3.8, 4) is 12.3 Å². The predicted octanol–water partition coefficient (Wildman–Crippen LogP) is 3.21. The Bertz CT molecular complexity index is 627. The zero-order valence-electron chi connectivity index (χ0n) is 13.3. The van der Waals surface area contributed by atoms with Crippen molar-refractivity contribution >= 4 is 11.7 Å². The fourth-order valence-electron chi connectivity index (χ4n) is 2.51. The fraction of sp³-hybridized carbons (Fsp3) is 0.529. The van der Waals surface area contributed by atoms with Crippen LogP contribution in [0.1, 0.15) is 49.9 Å². The van der Waals surface area contributed by atoms with Crippen molar-refractivity contribution in [1.82, 2.24) is 10.3 Å². The van der Waals surface area contributed by atoms with E-state index in [1.165, 1.54) is 6.20 Å². The Kier molecular flexibility index (Phi) is 4.88. The van der Waals surface area contributed by atoms with E-state index in [2.05, 4.69) is 21.5 Å². The second-order valence-corrected chi connectivity index (χ2v) is 6.12. The molecule has 23 heavy (non-hydrogen) atoms. The SMILES string of the molecule is C#C[C@@](C)(CC)NC(=O)c1cccnc1NC1CCC(F)(F)C1. The summed E-state index contributed by atoms with van der Waals surface area (Å²) < 4.78 is 26.6. The summed E-state index contributed by atoms with van der Waals surface area (Å²) in [4.78, 5) is 16.6. The molecule has 4 nitrogen and oxygen atoms in total. The smallest absolute Gasteiger partial charge is 0.256 e. The molecule has 6 heteroatoms. The van der Waals surface area contributed by atoms with Gasteiger partial charge in [0, 0.05) is 25.1 Å². The van der Waals surface area contributed by atoms with Crippen molar-refractivity contribution < 1.29 is 13.6 Å². The molecule has 0 saturated heterocycles. The van der Waals surface area contributed by atoms with E-state index in [0.717, 1.165) is 0 Å². The van der Waals surface area contributed by atoms with Crippen LogP contribution in [-0.2, 0) is 0 Å². The molecule has 2 rings (SSSR count). The van der Waals surface area contributed by atoms with Gasteiger partial charge in [0.05, 0.1) is 11.1 Å². The highest BCUT2D eigenvalue weighted by Gasteiger charge is 2.39. The number of hydrogen-bond donors (Lipinski definition) is 2. The number of carbonyl (C=O) groups is 1. The lowest BCUT2D eigenvalue weighted by molar-refractivity contribution is 0.00851. The van der Waals surface area contributed by atoms with Crippen LogP contribution < -0.4 is 10.6 Å². The molecule has 1 fully saturated rings. The van der Waals surface area contributed by atoms with Gasteiger partial charge in [0.2, 0.25) is 5.92 Å². The summed E-state index contributed by atoms with van der Waals surface area (Å²) in [5.74, 6) is -0.153. The van der Waals surface area contributed by atoms with Crippen LogP contribution in [0.25, 0.3) is 0 Å². The van der Waals surface area contributed by atoms with Crippen molar-refractivity contribution in [2.24, 2.45) is 0 Å². The van der Waals surface area contributed by atoms with E-state index in [-0.39, 0.29) is 18.7 Å². The predicted molar refractivity (Wildman–Crippen MR) is 85.4 cm³/mol. The molecule has 1 aromatic rings. The first-order valence-corrected chi connectivity index (χ1v) is 7.68. The minimum atomic E-state index is -2.65. The van der Waals surface area contributed by atoms with Crippen molar-refractivity contribution in [1.29, 1.82) is 0 Å². The first kappa shape index (κ1) is 17.2. The second-order valence-electron chi connectivity index (χ2n) is 6.12. The van der Waals surface area contributed by atoms with E-state index >= 15 is 0 Å². The Morgan fingerprint density at radius 2 is 2.35 bits per heavy atom. The lowest BCUT2D eigenvalue weighted by Gasteiger charge is -2.24. The molecular weight excluding hydrogens is 300 g/mol. The molecule has 0 bridgehead atoms. The van der Waals surface area contributed by atoms with E-state index in [4.69, 9.17) is 6.42 Å². The number of carbonyl (C=O) groups excluding carboxylic acids is 1. The first-order valence-electron chi connectivity index (χ1n) is 7.68. The average Bonchev–Trinajstić information content (AvgIpc) is 2.86. The molecule has 1 aliphatic carbocycles. The van der Waals surface area contributed by atoms with Gasteiger partial charge in [0.15, 0.2) is 0 Å². The van der Waals surface area contributed by atoms with Gasteiger partial charge in [-0.3, -0.25) is 4.79 Å². The van der Waals surface area contributed by atoms with Gasteiger partial charge in [-0.25, -0.2) is 13.8 Å². The zero-order valence-corrected chi connectivity index (χ0v) is 13.3. The van der Waals surface area contributed by atoms with E-state index in [0.29, 0.717) is 24.2 Å². The van der Waals surface area contributed by atoms with Crippen molar-refractivity contribution in [2.45, 2.75) is 57.0 Å². The summed E-state index contributed by atoms with van der Waals surface area (Å²) in [6.07, 6.45) is 7.51. The van der Waals surface area contributed by atoms with Crippen LogP contribution in [-0.4, -0.2) is 28.4 Å². The molecule has 1 unspecified atom stereocenters. The maximum atomic E-state index is 13.3. The largest absolute Gasteiger partial charge is 0.366 e. The molecule has 1 aromatic heterocycles. The molecule has 0 aliphatic heterocycles. The van der Waals surface area contributed by atoms with Crippen LogP contribution in [0.15, 0.2) is 18.3 Å². The molecule has 2 N–H and O–H groups in total. The maximum absolute atomic E-state index is 13.3. The number of rotatable bonds is 5. The fourth-order valence-corrected chi connectivity index (χ4v) is 2.51. The third kappa shape index (κ3) is 4.19. The number of halogens is 2. The Morgan fingerprint density at radius 1 is 1.61 bits per heavy atom. The summed E-state index contributed by atoms with van der Waals surface area (Å²) in [7, 11) is 0. The molecule has 0 spiro atoms. The minimum absolute atomic E-state index is 0.149. The van der Waals surface area contributed by atoms with Crippen molar-refractivity contribution in [2.75, 3.05) is 5.32 Å². The van der Waals surface area contributed by atoms with Gasteiger partial charge in [-0.1, -0.05) is 12.8 Å². The second kappa shape index (κ2) is 6.53. The van der Waals surface area contributed by atoms with Gasteiger partial charge in [0.1, 0.15) is 5.82 Å². The van der Waals surface area contributed by atoms with Crippen molar-refractivity contribution in [3.05, 3.63) is 23.9 Å². The number of aromatic nitrogens is 1. The van der Waals surface area contributed by atoms with Gasteiger partial charge < -0.3 is 10.6 Å². The topological polar surface area (TPSA) is 54.0 Å². The lowest BCUT2D eigenvalue weighted by atomic mass is 9.99. The normalized spacial score (nSPS) is 22.0. The van der Waals surface area contributed by atoms with Gasteiger partial charge in [-0.15, -0.1) is 6.42 Å². The number of amides is 1. The highest BCUT2D eigenvalue weighted by Crippen LogP contribution is 2.36. The van der Waals surface area contributed by atoms with Crippen LogP contribution in [0, 0.1) is 12.3 Å². The Labute approximate surface area is 135 Å². The van der Waals surface area contributed by atoms with E-state index < -0.39 is 17.5 Å². The third-order valence-corrected chi connectivity index (χ3v) is 4.21. The molecule has 0 radical (unpaired) electrons. The molecule has 1 heterocycles. The van der Waals surface area contributed by atoms with Gasteiger partial charge in [0.25, 0.3) is 5.91 Å². The number of pyridine rings is 1. The first-order chi connectivity index (χ1) is 10.8. The van der Waals surface area contributed by atoms with Crippen LogP contribution in [0.4, 0.5) is 14.6 Å². The Morgan fingerprint density at radius 3 is 2.91 bits per heavy atom. The van der Waals surface area contributed by atoms with E-state index in [1.54, 1.807) is 19.1 Å². The van der Waals surface area contributed by atoms with E-state index in [1.807, 2.05) is 6.92 Å². The van der Waals surface area contributed by atoms with Gasteiger partial charge in [-0.2, -0.15) is 0 Å². The van der Waals surface area contributed by atoms with Crippen LogP contribution in [0.5, 0.6) is 0 Å². The average molecular weight is 321 g/mol. The zero-order chi connectivity index (χ0) is 17.1. The summed E-state index contributed by atoms with van der Waals surface area (Å²) in [5, 5.41) is 5.75. The van der Waals surface area contributed by atoms with Crippen LogP contribution >= 0.6 is 0 Å². The molecule has 0 aromatic carbocycles. The number of nitrogens with zero attached hydrogens (tertiary/aromatic N) is 1. The number of hydrogen-bond acceptors (Lipinski definition) is 3. The minimum Gasteiger partial charge on any atom is -0.366 e. The van der Waals surface area contributed by atoms with E-state index in [9.17, 15) is 13.6 Å². The number of terminal acetylenes is 1. The summed E-state index contributed by atoms with van der Waals surface area (Å²) in [5.41, 5.74) is -0.456. The monoisotopic (exact) mass is 321 g/mol. The highest BCUT2D eigenvalue weighted by atomic mass is 19.3. The van der Waals surface area contributed by atoms with Gasteiger partial charge in [-0.05, 0) is 31.9 Å². The summed E-state index contributed by atoms with van der Waals surface area (Å²) in [6, 6.07) is 2.84. The maximum Gasteiger partial charge on any atom is 0.256 e. The molecule has 124 valence electrons. The van der Waals surface area contributed by atoms with Crippen LogP contribution in [0.3, 0.4) is 0 Å². The quantitative estimate of drug-likeness (QED) is 0.819. The molecule has 2 atom stereocenters. The molecule has 1 saturated carbocycles. The molecule has 1 aliphatic rings. The number of anilines is 1.